The first-order valence-corrected chi connectivity index (χ1v) is 5.50. The summed E-state index contributed by atoms with van der Waals surface area (Å²) in [5.74, 6) is 0.00240. The van der Waals surface area contributed by atoms with E-state index in [1.807, 2.05) is 0 Å². The van der Waals surface area contributed by atoms with E-state index in [0.717, 1.165) is 5.69 Å². The number of carbonyl (C=O) groups is 2. The van der Waals surface area contributed by atoms with Gasteiger partial charge in [0.15, 0.2) is 5.78 Å². The van der Waals surface area contributed by atoms with Crippen LogP contribution in [0.5, 0.6) is 0 Å². The van der Waals surface area contributed by atoms with Crippen molar-refractivity contribution in [1.82, 2.24) is 5.32 Å². The Balaban J connectivity index is 2.10. The number of Topliss-reactive ketones (excluding diaryl/α,β-unsaturated/α-hetero) is 1. The molecule has 90 valence electrons. The van der Waals surface area contributed by atoms with Gasteiger partial charge in [-0.3, -0.25) is 9.59 Å². The number of nitrogen functional groups attached to an aromatic ring is 1. The van der Waals surface area contributed by atoms with E-state index in [2.05, 4.69) is 10.6 Å². The average molecular weight is 233 g/mol. The maximum absolute atomic E-state index is 11.2. The quantitative estimate of drug-likeness (QED) is 0.532. The SMILES string of the molecule is CC(=O)c1ccc(NC2CNC(=O)C2)cc1N. The Hall–Kier alpha value is -2.04. The molecule has 4 N–H and O–H groups in total. The lowest BCUT2D eigenvalue weighted by Gasteiger charge is -2.13. The molecule has 1 aliphatic rings. The standard InChI is InChI=1S/C12H15N3O2/c1-7(16)10-3-2-8(4-11(10)13)15-9-5-12(17)14-6-9/h2-4,9,15H,5-6,13H2,1H3,(H,14,17). The molecule has 1 unspecified atom stereocenters. The topological polar surface area (TPSA) is 84.2 Å². The van der Waals surface area contributed by atoms with Gasteiger partial charge in [-0.25, -0.2) is 0 Å². The third kappa shape index (κ3) is 2.55. The first-order chi connectivity index (χ1) is 8.06. The Labute approximate surface area is 99.4 Å². The molecule has 1 heterocycles. The van der Waals surface area contributed by atoms with Crippen molar-refractivity contribution < 1.29 is 9.59 Å². The highest BCUT2D eigenvalue weighted by atomic mass is 16.2. The molecule has 0 spiro atoms. The van der Waals surface area contributed by atoms with Gasteiger partial charge in [0.25, 0.3) is 0 Å². The summed E-state index contributed by atoms with van der Waals surface area (Å²) < 4.78 is 0. The van der Waals surface area contributed by atoms with Gasteiger partial charge < -0.3 is 16.4 Å². The molecule has 1 aromatic carbocycles. The van der Waals surface area contributed by atoms with E-state index >= 15 is 0 Å². The minimum Gasteiger partial charge on any atom is -0.398 e. The van der Waals surface area contributed by atoms with Crippen LogP contribution >= 0.6 is 0 Å². The summed E-state index contributed by atoms with van der Waals surface area (Å²) in [6.45, 7) is 2.10. The summed E-state index contributed by atoms with van der Waals surface area (Å²) in [6.07, 6.45) is 0.467. The smallest absolute Gasteiger partial charge is 0.222 e. The van der Waals surface area contributed by atoms with Crippen LogP contribution in [0.4, 0.5) is 11.4 Å². The van der Waals surface area contributed by atoms with E-state index in [1.165, 1.54) is 6.92 Å². The maximum Gasteiger partial charge on any atom is 0.222 e. The predicted molar refractivity (Wildman–Crippen MR) is 65.9 cm³/mol. The Bertz CT molecular complexity index is 471. The Morgan fingerprint density at radius 2 is 2.29 bits per heavy atom. The fraction of sp³-hybridized carbons (Fsp3) is 0.333. The molecule has 2 rings (SSSR count). The molecule has 0 saturated carbocycles. The molecule has 1 fully saturated rings. The van der Waals surface area contributed by atoms with Crippen molar-refractivity contribution in [3.63, 3.8) is 0 Å². The van der Waals surface area contributed by atoms with E-state index in [9.17, 15) is 9.59 Å². The molecule has 1 amide bonds. The summed E-state index contributed by atoms with van der Waals surface area (Å²) >= 11 is 0. The molecule has 0 aromatic heterocycles. The lowest BCUT2D eigenvalue weighted by Crippen LogP contribution is -2.22. The largest absolute Gasteiger partial charge is 0.398 e. The second kappa shape index (κ2) is 4.45. The van der Waals surface area contributed by atoms with Gasteiger partial charge in [-0.2, -0.15) is 0 Å². The van der Waals surface area contributed by atoms with Crippen molar-refractivity contribution >= 4 is 23.1 Å². The molecule has 5 heteroatoms. The van der Waals surface area contributed by atoms with Crippen molar-refractivity contribution in [2.24, 2.45) is 0 Å². The van der Waals surface area contributed by atoms with Crippen LogP contribution in [0.25, 0.3) is 0 Å². The highest BCUT2D eigenvalue weighted by Gasteiger charge is 2.21. The summed E-state index contributed by atoms with van der Waals surface area (Å²) in [5, 5.41) is 5.95. The lowest BCUT2D eigenvalue weighted by molar-refractivity contribution is -0.119. The monoisotopic (exact) mass is 233 g/mol. The van der Waals surface area contributed by atoms with Crippen LogP contribution < -0.4 is 16.4 Å². The van der Waals surface area contributed by atoms with Crippen molar-refractivity contribution in [2.75, 3.05) is 17.6 Å². The number of anilines is 2. The van der Waals surface area contributed by atoms with Crippen LogP contribution in [-0.4, -0.2) is 24.3 Å². The number of rotatable bonds is 3. The number of ketones is 1. The van der Waals surface area contributed by atoms with E-state index in [-0.39, 0.29) is 17.7 Å². The molecule has 0 bridgehead atoms. The van der Waals surface area contributed by atoms with Gasteiger partial charge in [0.1, 0.15) is 0 Å². The van der Waals surface area contributed by atoms with Gasteiger partial charge >= 0.3 is 0 Å². The van der Waals surface area contributed by atoms with E-state index in [1.54, 1.807) is 18.2 Å². The molecule has 1 saturated heterocycles. The molecule has 0 radical (unpaired) electrons. The minimum atomic E-state index is -0.0493. The second-order valence-electron chi connectivity index (χ2n) is 4.21. The molecule has 17 heavy (non-hydrogen) atoms. The number of carbonyl (C=O) groups excluding carboxylic acids is 2. The Kier molecular flexibility index (Phi) is 2.99. The van der Waals surface area contributed by atoms with E-state index < -0.39 is 0 Å². The zero-order chi connectivity index (χ0) is 12.4. The normalized spacial score (nSPS) is 18.9. The van der Waals surface area contributed by atoms with Crippen LogP contribution in [0.15, 0.2) is 18.2 Å². The van der Waals surface area contributed by atoms with Crippen LogP contribution in [0, 0.1) is 0 Å². The van der Waals surface area contributed by atoms with E-state index in [0.29, 0.717) is 24.2 Å². The van der Waals surface area contributed by atoms with Crippen molar-refractivity contribution in [3.8, 4) is 0 Å². The highest BCUT2D eigenvalue weighted by Crippen LogP contribution is 2.20. The number of hydrogen-bond acceptors (Lipinski definition) is 4. The fourth-order valence-electron chi connectivity index (χ4n) is 1.92. The molecule has 0 aliphatic carbocycles. The third-order valence-corrected chi connectivity index (χ3v) is 2.78. The minimum absolute atomic E-state index is 0.0493. The van der Waals surface area contributed by atoms with Gasteiger partial charge in [0.2, 0.25) is 5.91 Å². The Morgan fingerprint density at radius 3 is 2.82 bits per heavy atom. The summed E-state index contributed by atoms with van der Waals surface area (Å²) in [7, 11) is 0. The number of amides is 1. The third-order valence-electron chi connectivity index (χ3n) is 2.78. The first kappa shape index (κ1) is 11.4. The van der Waals surface area contributed by atoms with Gasteiger partial charge in [0.05, 0.1) is 6.04 Å². The van der Waals surface area contributed by atoms with E-state index in [4.69, 9.17) is 5.73 Å². The van der Waals surface area contributed by atoms with Crippen LogP contribution in [0.3, 0.4) is 0 Å². The molecule has 1 aliphatic heterocycles. The van der Waals surface area contributed by atoms with Crippen LogP contribution in [-0.2, 0) is 4.79 Å². The molecule has 1 atom stereocenters. The zero-order valence-corrected chi connectivity index (χ0v) is 9.62. The summed E-state index contributed by atoms with van der Waals surface area (Å²) in [6, 6.07) is 5.31. The van der Waals surface area contributed by atoms with Crippen molar-refractivity contribution in [1.29, 1.82) is 0 Å². The second-order valence-corrected chi connectivity index (χ2v) is 4.21. The number of benzene rings is 1. The number of hydrogen-bond donors (Lipinski definition) is 3. The van der Waals surface area contributed by atoms with Crippen molar-refractivity contribution in [3.05, 3.63) is 23.8 Å². The highest BCUT2D eigenvalue weighted by molar-refractivity contribution is 5.99. The Morgan fingerprint density at radius 1 is 1.53 bits per heavy atom. The number of nitrogens with one attached hydrogen (secondary N) is 2. The summed E-state index contributed by atoms with van der Waals surface area (Å²) in [5.41, 5.74) is 7.59. The fourth-order valence-corrected chi connectivity index (χ4v) is 1.92. The van der Waals surface area contributed by atoms with Crippen LogP contribution in [0.1, 0.15) is 23.7 Å². The van der Waals surface area contributed by atoms with Gasteiger partial charge in [0, 0.05) is 29.9 Å². The molecule has 5 nitrogen and oxygen atoms in total. The summed E-state index contributed by atoms with van der Waals surface area (Å²) in [4.78, 5) is 22.2. The average Bonchev–Trinajstić information content (AvgIpc) is 2.63. The predicted octanol–water partition coefficient (Wildman–Crippen LogP) is 0.772. The van der Waals surface area contributed by atoms with Crippen LogP contribution in [0.2, 0.25) is 0 Å². The molecular formula is C12H15N3O2. The molecule has 1 aromatic rings. The number of nitrogens with two attached hydrogens (primary N) is 1. The van der Waals surface area contributed by atoms with Gasteiger partial charge in [-0.15, -0.1) is 0 Å². The van der Waals surface area contributed by atoms with Crippen molar-refractivity contribution in [2.45, 2.75) is 19.4 Å². The van der Waals surface area contributed by atoms with Gasteiger partial charge in [-0.05, 0) is 25.1 Å². The lowest BCUT2D eigenvalue weighted by atomic mass is 10.1. The van der Waals surface area contributed by atoms with Gasteiger partial charge in [-0.1, -0.05) is 0 Å². The zero-order valence-electron chi connectivity index (χ0n) is 9.62. The maximum atomic E-state index is 11.2. The molecular weight excluding hydrogens is 218 g/mol. The first-order valence-electron chi connectivity index (χ1n) is 5.50.